The van der Waals surface area contributed by atoms with Crippen LogP contribution in [0.2, 0.25) is 0 Å². The van der Waals surface area contributed by atoms with Crippen molar-refractivity contribution >= 4 is 34.1 Å². The van der Waals surface area contributed by atoms with Gasteiger partial charge >= 0.3 is 0 Å². The molecule has 4 saturated carbocycles. The quantitative estimate of drug-likeness (QED) is 0.107. The topological polar surface area (TPSA) is 138 Å². The van der Waals surface area contributed by atoms with Crippen molar-refractivity contribution in [3.8, 4) is 11.5 Å². The first-order valence-electron chi connectivity index (χ1n) is 21.8. The maximum absolute atomic E-state index is 13.2. The van der Waals surface area contributed by atoms with Crippen LogP contribution in [0.1, 0.15) is 110 Å². The van der Waals surface area contributed by atoms with Crippen LogP contribution in [0, 0.1) is 17.3 Å². The second kappa shape index (κ2) is 15.3. The van der Waals surface area contributed by atoms with E-state index in [9.17, 15) is 4.79 Å². The number of methoxy groups -OCH3 is 2. The number of amides is 1. The Balaban J connectivity index is 0.884. The molecule has 5 atom stereocenters. The summed E-state index contributed by atoms with van der Waals surface area (Å²) >= 11 is 0. The van der Waals surface area contributed by atoms with Crippen molar-refractivity contribution in [1.29, 1.82) is 0 Å². The lowest BCUT2D eigenvalue weighted by molar-refractivity contribution is -0.163. The molecule has 5 aliphatic rings. The number of aromatic nitrogens is 3. The number of anilines is 3. The largest absolute Gasteiger partial charge is 0.497 e. The molecule has 59 heavy (non-hydrogen) atoms. The third kappa shape index (κ3) is 7.65. The first-order valence-corrected chi connectivity index (χ1v) is 21.8. The molecule has 2 unspecified atom stereocenters. The van der Waals surface area contributed by atoms with E-state index >= 15 is 0 Å². The molecule has 4 aromatic rings. The molecule has 12 nitrogen and oxygen atoms in total. The van der Waals surface area contributed by atoms with Crippen LogP contribution in [-0.4, -0.2) is 76.2 Å². The van der Waals surface area contributed by atoms with Crippen molar-refractivity contribution in [2.24, 2.45) is 17.3 Å². The lowest BCUT2D eigenvalue weighted by Gasteiger charge is -2.46. The third-order valence-corrected chi connectivity index (χ3v) is 14.3. The Labute approximate surface area is 348 Å². The van der Waals surface area contributed by atoms with Gasteiger partial charge in [0.2, 0.25) is 5.91 Å². The van der Waals surface area contributed by atoms with Gasteiger partial charge in [0.25, 0.3) is 0 Å². The number of ether oxygens (including phenoxy) is 4. The van der Waals surface area contributed by atoms with E-state index in [1.165, 1.54) is 19.3 Å². The van der Waals surface area contributed by atoms with E-state index in [-0.39, 0.29) is 35.0 Å². The molecule has 0 bridgehead atoms. The molecule has 1 saturated heterocycles. The fourth-order valence-corrected chi connectivity index (χ4v) is 10.6. The summed E-state index contributed by atoms with van der Waals surface area (Å²) in [6.07, 6.45) is 13.6. The number of fused-ring (bicyclic) bond motifs is 3. The molecule has 1 amide bonds. The van der Waals surface area contributed by atoms with E-state index in [0.717, 1.165) is 89.7 Å². The van der Waals surface area contributed by atoms with Crippen molar-refractivity contribution in [3.05, 3.63) is 66.1 Å². The second-order valence-corrected chi connectivity index (χ2v) is 19.6. The maximum Gasteiger partial charge on any atom is 0.224 e. The Morgan fingerprint density at radius 1 is 1.02 bits per heavy atom. The van der Waals surface area contributed by atoms with Gasteiger partial charge in [0.05, 0.1) is 43.1 Å². The van der Waals surface area contributed by atoms with E-state index in [0.29, 0.717) is 36.7 Å². The van der Waals surface area contributed by atoms with Crippen LogP contribution in [-0.2, 0) is 26.2 Å². The van der Waals surface area contributed by atoms with Crippen molar-refractivity contribution in [3.63, 3.8) is 0 Å². The number of nitrogen functional groups attached to an aromatic ring is 1. The predicted octanol–water partition coefficient (Wildman–Crippen LogP) is 8.46. The average Bonchev–Trinajstić information content (AvgIpc) is 3.39. The summed E-state index contributed by atoms with van der Waals surface area (Å²) in [7, 11) is 3.33. The monoisotopic (exact) mass is 805 g/mol. The minimum absolute atomic E-state index is 0.0135. The van der Waals surface area contributed by atoms with Gasteiger partial charge in [-0.05, 0) is 112 Å². The van der Waals surface area contributed by atoms with Crippen LogP contribution in [0.5, 0.6) is 11.5 Å². The smallest absolute Gasteiger partial charge is 0.224 e. The number of nitrogens with zero attached hydrogens (tertiary/aromatic N) is 4. The van der Waals surface area contributed by atoms with Gasteiger partial charge in [-0.2, -0.15) is 0 Å². The number of hydrogen-bond acceptors (Lipinski definition) is 10. The van der Waals surface area contributed by atoms with E-state index in [4.69, 9.17) is 29.7 Å². The van der Waals surface area contributed by atoms with Gasteiger partial charge in [0.1, 0.15) is 35.4 Å². The normalized spacial score (nSPS) is 28.3. The highest BCUT2D eigenvalue weighted by Gasteiger charge is 2.73. The molecule has 3 heterocycles. The summed E-state index contributed by atoms with van der Waals surface area (Å²) in [5.41, 5.74) is 10.7. The number of hydrogen-bond donors (Lipinski definition) is 3. The molecule has 316 valence electrons. The fraction of sp³-hybridized carbons (Fsp3) is 0.596. The number of benzene rings is 2. The number of carbonyl (C=O) groups is 1. The summed E-state index contributed by atoms with van der Waals surface area (Å²) < 4.78 is 27.1. The average molecular weight is 806 g/mol. The minimum atomic E-state index is -0.657. The van der Waals surface area contributed by atoms with Crippen LogP contribution in [0.25, 0.3) is 11.0 Å². The Morgan fingerprint density at radius 3 is 2.56 bits per heavy atom. The van der Waals surface area contributed by atoms with Gasteiger partial charge in [0, 0.05) is 54.8 Å². The molecule has 1 spiro atoms. The Kier molecular flexibility index (Phi) is 10.4. The zero-order valence-electron chi connectivity index (χ0n) is 35.9. The number of nitrogens with two attached hydrogens (primary N) is 1. The first kappa shape index (κ1) is 40.0. The van der Waals surface area contributed by atoms with Gasteiger partial charge in [0.15, 0.2) is 5.79 Å². The molecule has 5 fully saturated rings. The van der Waals surface area contributed by atoms with Crippen LogP contribution in [0.4, 0.5) is 17.2 Å². The van der Waals surface area contributed by atoms with Crippen molar-refractivity contribution < 1.29 is 23.7 Å². The zero-order valence-corrected chi connectivity index (χ0v) is 35.9. The number of nitrogens with one attached hydrogen (secondary N) is 2. The number of rotatable bonds is 14. The molecule has 4 aliphatic carbocycles. The molecule has 1 aliphatic heterocycles. The summed E-state index contributed by atoms with van der Waals surface area (Å²) in [6.45, 7) is 12.3. The van der Waals surface area contributed by atoms with Crippen LogP contribution >= 0.6 is 0 Å². The third-order valence-electron chi connectivity index (χ3n) is 14.3. The second-order valence-electron chi connectivity index (χ2n) is 19.6. The lowest BCUT2D eigenvalue weighted by Crippen LogP contribution is -2.50. The van der Waals surface area contributed by atoms with Crippen molar-refractivity contribution in [2.75, 3.05) is 37.1 Å². The first-order chi connectivity index (χ1) is 28.2. The molecule has 12 heteroatoms. The molecule has 4 N–H and O–H groups in total. The van der Waals surface area contributed by atoms with E-state index in [1.807, 2.05) is 36.4 Å². The summed E-state index contributed by atoms with van der Waals surface area (Å²) in [6, 6.07) is 15.0. The molecule has 2 aromatic heterocycles. The minimum Gasteiger partial charge on any atom is -0.497 e. The predicted molar refractivity (Wildman–Crippen MR) is 231 cm³/mol. The summed E-state index contributed by atoms with van der Waals surface area (Å²) in [5, 5.41) is 7.64. The summed E-state index contributed by atoms with van der Waals surface area (Å²) in [4.78, 5) is 25.6. The molecule has 2 aromatic carbocycles. The Morgan fingerprint density at radius 2 is 1.83 bits per heavy atom. The Bertz CT molecular complexity index is 2190. The van der Waals surface area contributed by atoms with Gasteiger partial charge in [-0.15, -0.1) is 0 Å². The number of carbonyl (C=O) groups excluding carboxylic acids is 1. The lowest BCUT2D eigenvalue weighted by atomic mass is 9.75. The Hall–Kier alpha value is -4.39. The van der Waals surface area contributed by atoms with Crippen molar-refractivity contribution in [2.45, 2.75) is 140 Å². The van der Waals surface area contributed by atoms with Gasteiger partial charge in [-0.1, -0.05) is 33.3 Å². The van der Waals surface area contributed by atoms with Crippen LogP contribution in [0.3, 0.4) is 0 Å². The van der Waals surface area contributed by atoms with E-state index in [2.05, 4.69) is 72.0 Å². The van der Waals surface area contributed by atoms with Crippen LogP contribution in [0.15, 0.2) is 55.0 Å². The SMILES string of the molecule is COc1ccc(CNc2ncnc3c2ccn3[C@@H]2CC3(CC3N(CC3CCC3)C3CC(CCC(=O)Nc4cc(C(C)(C)C)ccc4N)C3)[C@H]3OC(C)(C)O[C@@H]23)c(OC)c1. The zero-order chi connectivity index (χ0) is 41.3. The highest BCUT2D eigenvalue weighted by molar-refractivity contribution is 5.94. The fourth-order valence-electron chi connectivity index (χ4n) is 10.6. The standard InChI is InChI=1S/C47H63N7O5/c1-45(2,3)31-13-15-35(48)36(21-31)52-40(55)16-11-29-19-32(20-29)54(26-28-9-8-10-28)39-24-47(39)23-37(41-42(47)59-46(4,5)58-41)53-18-17-34-43(50-27-51-44(34)53)49-25-30-12-14-33(56-6)22-38(30)57-7/h12-15,17-18,21-22,27-29,32,37,39,41-42H,8-11,16,19-20,23-26,48H2,1-7H3,(H,52,55)(H,49,50,51)/t29?,32?,37-,39?,41+,42+,47?/m1/s1. The molecular formula is C47H63N7O5. The van der Waals surface area contributed by atoms with Gasteiger partial charge in [-0.25, -0.2) is 9.97 Å². The van der Waals surface area contributed by atoms with Gasteiger partial charge in [-0.3, -0.25) is 9.69 Å². The van der Waals surface area contributed by atoms with Gasteiger partial charge < -0.3 is 39.9 Å². The van der Waals surface area contributed by atoms with E-state index < -0.39 is 5.79 Å². The highest BCUT2D eigenvalue weighted by Crippen LogP contribution is 2.68. The maximum atomic E-state index is 13.2. The molecule has 0 radical (unpaired) electrons. The van der Waals surface area contributed by atoms with Crippen LogP contribution < -0.4 is 25.8 Å². The summed E-state index contributed by atoms with van der Waals surface area (Å²) in [5.74, 6) is 3.01. The highest BCUT2D eigenvalue weighted by atomic mass is 16.8. The van der Waals surface area contributed by atoms with E-state index in [1.54, 1.807) is 20.5 Å². The molecular weight excluding hydrogens is 743 g/mol. The van der Waals surface area contributed by atoms with Crippen molar-refractivity contribution in [1.82, 2.24) is 19.4 Å². The molecule has 9 rings (SSSR count).